The lowest BCUT2D eigenvalue weighted by Crippen LogP contribution is -2.16. The number of halogens is 1. The number of benzene rings is 1. The maximum Gasteiger partial charge on any atom is 0.405 e. The summed E-state index contributed by atoms with van der Waals surface area (Å²) in [7, 11) is 0. The van der Waals surface area contributed by atoms with Gasteiger partial charge in [-0.1, -0.05) is 31.2 Å². The number of primary amides is 1. The monoisotopic (exact) mass is 241 g/mol. The van der Waals surface area contributed by atoms with Crippen LogP contribution < -0.4 is 5.73 Å². The van der Waals surface area contributed by atoms with Crippen molar-refractivity contribution in [3.05, 3.63) is 35.4 Å². The second-order valence-electron chi connectivity index (χ2n) is 3.58. The first-order valence-electron chi connectivity index (χ1n) is 5.25. The summed E-state index contributed by atoms with van der Waals surface area (Å²) in [6.45, 7) is 3.79. The van der Waals surface area contributed by atoms with Crippen molar-refractivity contribution in [3.8, 4) is 0 Å². The zero-order chi connectivity index (χ0) is 12.1. The van der Waals surface area contributed by atoms with E-state index in [1.54, 1.807) is 6.92 Å². The van der Waals surface area contributed by atoms with Crippen molar-refractivity contribution in [2.24, 2.45) is 5.73 Å². The Labute approximate surface area is 101 Å². The predicted octanol–water partition coefficient (Wildman–Crippen LogP) is 3.53. The average molecular weight is 242 g/mol. The molecular weight excluding hydrogens is 226 g/mol. The van der Waals surface area contributed by atoms with E-state index in [1.807, 2.05) is 31.2 Å². The van der Waals surface area contributed by atoms with E-state index < -0.39 is 6.09 Å². The highest BCUT2D eigenvalue weighted by Crippen LogP contribution is 2.31. The molecule has 1 amide bonds. The second-order valence-corrected chi connectivity index (χ2v) is 4.11. The van der Waals surface area contributed by atoms with Gasteiger partial charge in [0.05, 0.1) is 5.38 Å². The Morgan fingerprint density at radius 1 is 1.44 bits per heavy atom. The zero-order valence-electron chi connectivity index (χ0n) is 9.44. The van der Waals surface area contributed by atoms with Gasteiger partial charge in [-0.2, -0.15) is 0 Å². The van der Waals surface area contributed by atoms with Crippen LogP contribution in [-0.4, -0.2) is 6.09 Å². The summed E-state index contributed by atoms with van der Waals surface area (Å²) in [6.07, 6.45) is -0.326. The standard InChI is InChI=1S/C12H16ClNO2/c1-3-11(13)10-7-5-4-6-9(10)8(2)16-12(14)15/h4-8,11H,3H2,1-2H3,(H2,14,15). The lowest BCUT2D eigenvalue weighted by molar-refractivity contribution is 0.116. The lowest BCUT2D eigenvalue weighted by atomic mass is 9.99. The Bertz CT molecular complexity index is 368. The highest BCUT2D eigenvalue weighted by Gasteiger charge is 2.17. The van der Waals surface area contributed by atoms with Crippen molar-refractivity contribution in [1.82, 2.24) is 0 Å². The van der Waals surface area contributed by atoms with Gasteiger partial charge in [-0.25, -0.2) is 4.79 Å². The van der Waals surface area contributed by atoms with Gasteiger partial charge in [0.2, 0.25) is 0 Å². The molecule has 2 unspecified atom stereocenters. The summed E-state index contributed by atoms with van der Waals surface area (Å²) in [5.41, 5.74) is 6.89. The van der Waals surface area contributed by atoms with E-state index in [0.717, 1.165) is 17.5 Å². The van der Waals surface area contributed by atoms with Crippen LogP contribution in [0.4, 0.5) is 4.79 Å². The average Bonchev–Trinajstić information content (AvgIpc) is 2.27. The van der Waals surface area contributed by atoms with Gasteiger partial charge in [-0.3, -0.25) is 0 Å². The third-order valence-electron chi connectivity index (χ3n) is 2.42. The van der Waals surface area contributed by atoms with Crippen LogP contribution >= 0.6 is 11.6 Å². The van der Waals surface area contributed by atoms with Gasteiger partial charge in [0.15, 0.2) is 0 Å². The molecule has 0 heterocycles. The maximum absolute atomic E-state index is 10.7. The molecule has 0 aliphatic heterocycles. The molecule has 3 nitrogen and oxygen atoms in total. The highest BCUT2D eigenvalue weighted by atomic mass is 35.5. The quantitative estimate of drug-likeness (QED) is 0.820. The molecule has 0 aliphatic carbocycles. The molecule has 1 aromatic carbocycles. The Kier molecular flexibility index (Phi) is 4.62. The van der Waals surface area contributed by atoms with Crippen molar-refractivity contribution in [3.63, 3.8) is 0 Å². The van der Waals surface area contributed by atoms with Gasteiger partial charge in [0.1, 0.15) is 6.10 Å². The van der Waals surface area contributed by atoms with Crippen LogP contribution in [0.2, 0.25) is 0 Å². The Morgan fingerprint density at radius 2 is 2.00 bits per heavy atom. The predicted molar refractivity (Wildman–Crippen MR) is 64.4 cm³/mol. The summed E-state index contributed by atoms with van der Waals surface area (Å²) < 4.78 is 4.95. The lowest BCUT2D eigenvalue weighted by Gasteiger charge is -2.18. The van der Waals surface area contributed by atoms with E-state index in [1.165, 1.54) is 0 Å². The van der Waals surface area contributed by atoms with Crippen molar-refractivity contribution in [1.29, 1.82) is 0 Å². The number of hydrogen-bond acceptors (Lipinski definition) is 2. The number of amides is 1. The Balaban J connectivity index is 2.98. The van der Waals surface area contributed by atoms with Crippen molar-refractivity contribution in [2.45, 2.75) is 31.7 Å². The SMILES string of the molecule is CCC(Cl)c1ccccc1C(C)OC(N)=O. The first kappa shape index (κ1) is 12.8. The Morgan fingerprint density at radius 3 is 2.50 bits per heavy atom. The molecule has 4 heteroatoms. The van der Waals surface area contributed by atoms with Gasteiger partial charge >= 0.3 is 6.09 Å². The first-order chi connectivity index (χ1) is 7.56. The fraction of sp³-hybridized carbons (Fsp3) is 0.417. The van der Waals surface area contributed by atoms with Crippen LogP contribution in [0.5, 0.6) is 0 Å². The van der Waals surface area contributed by atoms with Crippen molar-refractivity contribution >= 4 is 17.7 Å². The number of carbonyl (C=O) groups excluding carboxylic acids is 1. The molecule has 0 spiro atoms. The largest absolute Gasteiger partial charge is 0.442 e. The summed E-state index contributed by atoms with van der Waals surface area (Å²) in [4.78, 5) is 10.7. The fourth-order valence-electron chi connectivity index (χ4n) is 1.62. The highest BCUT2D eigenvalue weighted by molar-refractivity contribution is 6.20. The third-order valence-corrected chi connectivity index (χ3v) is 2.97. The minimum Gasteiger partial charge on any atom is -0.442 e. The smallest absolute Gasteiger partial charge is 0.405 e. The summed E-state index contributed by atoms with van der Waals surface area (Å²) in [6, 6.07) is 7.64. The van der Waals surface area contributed by atoms with Crippen LogP contribution in [-0.2, 0) is 4.74 Å². The molecule has 0 radical (unpaired) electrons. The molecule has 0 aliphatic rings. The van der Waals surface area contributed by atoms with Crippen LogP contribution in [0, 0.1) is 0 Å². The topological polar surface area (TPSA) is 52.3 Å². The van der Waals surface area contributed by atoms with Crippen LogP contribution in [0.1, 0.15) is 42.9 Å². The van der Waals surface area contributed by atoms with E-state index in [9.17, 15) is 4.79 Å². The van der Waals surface area contributed by atoms with E-state index >= 15 is 0 Å². The van der Waals surface area contributed by atoms with Gasteiger partial charge in [-0.05, 0) is 24.5 Å². The number of rotatable bonds is 4. The number of alkyl halides is 1. The molecule has 2 atom stereocenters. The molecule has 2 N–H and O–H groups in total. The Hall–Kier alpha value is -1.22. The van der Waals surface area contributed by atoms with Crippen LogP contribution in [0.25, 0.3) is 0 Å². The van der Waals surface area contributed by atoms with Crippen molar-refractivity contribution < 1.29 is 9.53 Å². The van der Waals surface area contributed by atoms with E-state index in [0.29, 0.717) is 0 Å². The van der Waals surface area contributed by atoms with Crippen molar-refractivity contribution in [2.75, 3.05) is 0 Å². The van der Waals surface area contributed by atoms with Gasteiger partial charge in [0.25, 0.3) is 0 Å². The van der Waals surface area contributed by atoms with E-state index in [2.05, 4.69) is 0 Å². The molecule has 0 saturated heterocycles. The molecule has 0 bridgehead atoms. The number of carbonyl (C=O) groups is 1. The second kappa shape index (κ2) is 5.75. The van der Waals surface area contributed by atoms with Gasteiger partial charge in [-0.15, -0.1) is 11.6 Å². The third kappa shape index (κ3) is 3.14. The molecular formula is C12H16ClNO2. The number of ether oxygens (including phenoxy) is 1. The summed E-state index contributed by atoms with van der Waals surface area (Å²) in [5.74, 6) is 0. The molecule has 1 rings (SSSR count). The first-order valence-corrected chi connectivity index (χ1v) is 5.68. The van der Waals surface area contributed by atoms with Crippen LogP contribution in [0.3, 0.4) is 0 Å². The normalized spacial score (nSPS) is 14.2. The van der Waals surface area contributed by atoms with E-state index in [-0.39, 0.29) is 11.5 Å². The number of nitrogens with two attached hydrogens (primary N) is 1. The summed E-state index contributed by atoms with van der Waals surface area (Å²) in [5, 5.41) is -0.0740. The van der Waals surface area contributed by atoms with Crippen LogP contribution in [0.15, 0.2) is 24.3 Å². The molecule has 0 fully saturated rings. The minimum absolute atomic E-state index is 0.0740. The molecule has 0 saturated carbocycles. The zero-order valence-corrected chi connectivity index (χ0v) is 10.2. The molecule has 16 heavy (non-hydrogen) atoms. The summed E-state index contributed by atoms with van der Waals surface area (Å²) >= 11 is 6.20. The maximum atomic E-state index is 10.7. The minimum atomic E-state index is -0.773. The molecule has 0 aromatic heterocycles. The molecule has 1 aromatic rings. The fourth-order valence-corrected chi connectivity index (χ4v) is 1.82. The van der Waals surface area contributed by atoms with Gasteiger partial charge < -0.3 is 10.5 Å². The van der Waals surface area contributed by atoms with E-state index in [4.69, 9.17) is 22.1 Å². The van der Waals surface area contributed by atoms with Gasteiger partial charge in [0, 0.05) is 0 Å². The number of hydrogen-bond donors (Lipinski definition) is 1. The molecule has 88 valence electrons.